The molecule has 1 saturated carbocycles. The van der Waals surface area contributed by atoms with Crippen LogP contribution in [0, 0.1) is 0 Å². The van der Waals surface area contributed by atoms with Crippen molar-refractivity contribution in [3.05, 3.63) is 0 Å². The van der Waals surface area contributed by atoms with Crippen molar-refractivity contribution in [2.45, 2.75) is 31.7 Å². The summed E-state index contributed by atoms with van der Waals surface area (Å²) in [5, 5.41) is 9.25. The van der Waals surface area contributed by atoms with Crippen LogP contribution in [-0.4, -0.2) is 53.3 Å². The van der Waals surface area contributed by atoms with E-state index < -0.39 is 0 Å². The Morgan fingerprint density at radius 1 is 1.16 bits per heavy atom. The second-order valence-electron chi connectivity index (χ2n) is 5.04. The quantitative estimate of drug-likeness (QED) is 0.790. The Kier molecular flexibility index (Phi) is 4.36. The summed E-state index contributed by atoms with van der Waals surface area (Å²) in [5.74, 6) is 1.33. The molecule has 19 heavy (non-hydrogen) atoms. The van der Waals surface area contributed by atoms with Gasteiger partial charge in [-0.2, -0.15) is 15.0 Å². The molecule has 0 atom stereocenters. The van der Waals surface area contributed by atoms with Gasteiger partial charge in [0.05, 0.1) is 6.61 Å². The van der Waals surface area contributed by atoms with Crippen molar-refractivity contribution in [1.29, 1.82) is 0 Å². The van der Waals surface area contributed by atoms with E-state index in [1.54, 1.807) is 4.90 Å². The van der Waals surface area contributed by atoms with E-state index in [2.05, 4.69) is 19.9 Å². The fourth-order valence-electron chi connectivity index (χ4n) is 2.47. The molecule has 7 heteroatoms. The van der Waals surface area contributed by atoms with E-state index in [9.17, 15) is 5.11 Å². The number of aliphatic hydroxyl groups is 1. The minimum absolute atomic E-state index is 0.0827. The van der Waals surface area contributed by atoms with E-state index >= 15 is 0 Å². The summed E-state index contributed by atoms with van der Waals surface area (Å²) < 4.78 is 0. The molecule has 1 heterocycles. The fraction of sp³-hybridized carbons (Fsp3) is 0.750. The van der Waals surface area contributed by atoms with Crippen LogP contribution in [0.4, 0.5) is 17.8 Å². The lowest BCUT2D eigenvalue weighted by molar-refractivity contribution is 0.296. The molecular weight excluding hydrogens is 244 g/mol. The first-order valence-corrected chi connectivity index (χ1v) is 6.68. The number of nitrogens with two attached hydrogens (primary N) is 1. The SMILES string of the molecule is CN(C)c1nc(N)nc(N(CCO)C2CCCC2)n1. The molecule has 0 bridgehead atoms. The van der Waals surface area contributed by atoms with Gasteiger partial charge in [-0.05, 0) is 12.8 Å². The van der Waals surface area contributed by atoms with Gasteiger partial charge in [0.2, 0.25) is 17.8 Å². The van der Waals surface area contributed by atoms with E-state index in [1.165, 1.54) is 12.8 Å². The molecule has 0 saturated heterocycles. The highest BCUT2D eigenvalue weighted by molar-refractivity contribution is 5.43. The van der Waals surface area contributed by atoms with Crippen LogP contribution < -0.4 is 15.5 Å². The first kappa shape index (κ1) is 13.8. The van der Waals surface area contributed by atoms with Crippen molar-refractivity contribution in [3.8, 4) is 0 Å². The van der Waals surface area contributed by atoms with Gasteiger partial charge in [-0.1, -0.05) is 12.8 Å². The summed E-state index contributed by atoms with van der Waals surface area (Å²) in [6, 6.07) is 0.393. The number of aliphatic hydroxyl groups excluding tert-OH is 1. The van der Waals surface area contributed by atoms with Gasteiger partial charge in [-0.3, -0.25) is 0 Å². The van der Waals surface area contributed by atoms with Gasteiger partial charge in [-0.15, -0.1) is 0 Å². The number of nitrogen functional groups attached to an aromatic ring is 1. The Morgan fingerprint density at radius 3 is 2.37 bits per heavy atom. The maximum Gasteiger partial charge on any atom is 0.232 e. The molecule has 7 nitrogen and oxygen atoms in total. The molecule has 0 unspecified atom stereocenters. The van der Waals surface area contributed by atoms with Crippen LogP contribution in [0.3, 0.4) is 0 Å². The molecule has 1 aromatic rings. The van der Waals surface area contributed by atoms with Crippen LogP contribution in [0.1, 0.15) is 25.7 Å². The molecule has 1 aliphatic rings. The van der Waals surface area contributed by atoms with Gasteiger partial charge in [-0.25, -0.2) is 0 Å². The average molecular weight is 266 g/mol. The van der Waals surface area contributed by atoms with Crippen LogP contribution >= 0.6 is 0 Å². The van der Waals surface area contributed by atoms with Crippen molar-refractivity contribution < 1.29 is 5.11 Å². The van der Waals surface area contributed by atoms with Gasteiger partial charge >= 0.3 is 0 Å². The Labute approximate surface area is 113 Å². The van der Waals surface area contributed by atoms with Crippen LogP contribution in [0.5, 0.6) is 0 Å². The first-order valence-electron chi connectivity index (χ1n) is 6.68. The van der Waals surface area contributed by atoms with Gasteiger partial charge in [0.15, 0.2) is 0 Å². The van der Waals surface area contributed by atoms with Crippen molar-refractivity contribution in [2.75, 3.05) is 42.8 Å². The van der Waals surface area contributed by atoms with E-state index in [0.717, 1.165) is 12.8 Å². The smallest absolute Gasteiger partial charge is 0.232 e. The zero-order valence-corrected chi connectivity index (χ0v) is 11.6. The number of rotatable bonds is 5. The second-order valence-corrected chi connectivity index (χ2v) is 5.04. The Balaban J connectivity index is 2.29. The van der Waals surface area contributed by atoms with Crippen LogP contribution in [-0.2, 0) is 0 Å². The van der Waals surface area contributed by atoms with Gasteiger partial charge < -0.3 is 20.6 Å². The van der Waals surface area contributed by atoms with Crippen LogP contribution in [0.25, 0.3) is 0 Å². The predicted octanol–water partition coefficient (Wildman–Crippen LogP) is 0.261. The van der Waals surface area contributed by atoms with Crippen molar-refractivity contribution in [1.82, 2.24) is 15.0 Å². The normalized spacial score (nSPS) is 15.7. The predicted molar refractivity (Wildman–Crippen MR) is 75.3 cm³/mol. The van der Waals surface area contributed by atoms with Crippen molar-refractivity contribution in [2.24, 2.45) is 0 Å². The third kappa shape index (κ3) is 3.23. The van der Waals surface area contributed by atoms with Crippen molar-refractivity contribution in [3.63, 3.8) is 0 Å². The largest absolute Gasteiger partial charge is 0.395 e. The van der Waals surface area contributed by atoms with E-state index in [-0.39, 0.29) is 12.6 Å². The minimum atomic E-state index is 0.0827. The topological polar surface area (TPSA) is 91.4 Å². The minimum Gasteiger partial charge on any atom is -0.395 e. The zero-order valence-electron chi connectivity index (χ0n) is 11.6. The van der Waals surface area contributed by atoms with Crippen LogP contribution in [0.15, 0.2) is 0 Å². The number of nitrogens with zero attached hydrogens (tertiary/aromatic N) is 5. The summed E-state index contributed by atoms with van der Waals surface area (Å²) in [6.45, 7) is 0.611. The maximum absolute atomic E-state index is 9.25. The summed E-state index contributed by atoms with van der Waals surface area (Å²) in [4.78, 5) is 16.6. The molecule has 0 radical (unpaired) electrons. The van der Waals surface area contributed by atoms with Crippen molar-refractivity contribution >= 4 is 17.8 Å². The molecular formula is C12H22N6O. The second kappa shape index (κ2) is 6.01. The molecule has 3 N–H and O–H groups in total. The number of aromatic nitrogens is 3. The summed E-state index contributed by atoms with van der Waals surface area (Å²) in [6.07, 6.45) is 4.66. The van der Waals surface area contributed by atoms with Gasteiger partial charge in [0, 0.05) is 26.7 Å². The zero-order chi connectivity index (χ0) is 13.8. The molecule has 1 aliphatic carbocycles. The summed E-state index contributed by atoms with van der Waals surface area (Å²) >= 11 is 0. The third-order valence-corrected chi connectivity index (χ3v) is 3.39. The Hall–Kier alpha value is -1.63. The first-order chi connectivity index (χ1) is 9.11. The summed E-state index contributed by atoms with van der Waals surface area (Å²) in [5.41, 5.74) is 5.75. The highest BCUT2D eigenvalue weighted by Crippen LogP contribution is 2.26. The molecule has 0 spiro atoms. The average Bonchev–Trinajstić information content (AvgIpc) is 2.88. The molecule has 0 aromatic carbocycles. The molecule has 0 aliphatic heterocycles. The van der Waals surface area contributed by atoms with E-state index in [1.807, 2.05) is 14.1 Å². The standard InChI is InChI=1S/C12H22N6O/c1-17(2)11-14-10(13)15-12(16-11)18(7-8-19)9-5-3-4-6-9/h9,19H,3-8H2,1-2H3,(H2,13,14,15,16). The molecule has 106 valence electrons. The lowest BCUT2D eigenvalue weighted by atomic mass is 10.2. The maximum atomic E-state index is 9.25. The van der Waals surface area contributed by atoms with Gasteiger partial charge in [0.1, 0.15) is 0 Å². The molecule has 1 fully saturated rings. The number of anilines is 3. The Morgan fingerprint density at radius 2 is 1.79 bits per heavy atom. The lowest BCUT2D eigenvalue weighted by Gasteiger charge is -2.28. The lowest BCUT2D eigenvalue weighted by Crippen LogP contribution is -2.37. The van der Waals surface area contributed by atoms with E-state index in [0.29, 0.717) is 24.5 Å². The van der Waals surface area contributed by atoms with Gasteiger partial charge in [0.25, 0.3) is 0 Å². The molecule has 2 rings (SSSR count). The number of hydrogen-bond acceptors (Lipinski definition) is 7. The monoisotopic (exact) mass is 266 g/mol. The number of hydrogen-bond donors (Lipinski definition) is 2. The van der Waals surface area contributed by atoms with E-state index in [4.69, 9.17) is 5.73 Å². The van der Waals surface area contributed by atoms with Crippen LogP contribution in [0.2, 0.25) is 0 Å². The fourth-order valence-corrected chi connectivity index (χ4v) is 2.47. The highest BCUT2D eigenvalue weighted by Gasteiger charge is 2.25. The Bertz CT molecular complexity index is 419. The molecule has 1 aromatic heterocycles. The molecule has 0 amide bonds. The summed E-state index contributed by atoms with van der Waals surface area (Å²) in [7, 11) is 3.73. The third-order valence-electron chi connectivity index (χ3n) is 3.39. The highest BCUT2D eigenvalue weighted by atomic mass is 16.3.